The van der Waals surface area contributed by atoms with Crippen LogP contribution in [0, 0.1) is 6.92 Å². The Labute approximate surface area is 144 Å². The predicted molar refractivity (Wildman–Crippen MR) is 93.4 cm³/mol. The fourth-order valence-corrected chi connectivity index (χ4v) is 2.90. The van der Waals surface area contributed by atoms with Crippen molar-refractivity contribution in [1.82, 2.24) is 4.57 Å². The molecule has 0 aliphatic carbocycles. The van der Waals surface area contributed by atoms with Gasteiger partial charge in [-0.3, -0.25) is 4.79 Å². The maximum Gasteiger partial charge on any atom is 0.387 e. The van der Waals surface area contributed by atoms with Crippen LogP contribution in [0.15, 0.2) is 48.5 Å². The van der Waals surface area contributed by atoms with Crippen LogP contribution < -0.4 is 10.1 Å². The molecule has 0 saturated heterocycles. The molecule has 1 N–H and O–H groups in total. The highest BCUT2D eigenvalue weighted by Gasteiger charge is 2.17. The number of rotatable bonds is 5. The van der Waals surface area contributed by atoms with E-state index < -0.39 is 6.61 Å². The van der Waals surface area contributed by atoms with Crippen molar-refractivity contribution in [2.45, 2.75) is 27.0 Å². The van der Waals surface area contributed by atoms with Crippen LogP contribution in [0.4, 0.5) is 14.5 Å². The van der Waals surface area contributed by atoms with Gasteiger partial charge >= 0.3 is 6.61 Å². The molecular weight excluding hydrogens is 326 g/mol. The normalized spacial score (nSPS) is 11.1. The largest absolute Gasteiger partial charge is 0.434 e. The summed E-state index contributed by atoms with van der Waals surface area (Å²) >= 11 is 0. The van der Waals surface area contributed by atoms with E-state index in [0.717, 1.165) is 10.9 Å². The Morgan fingerprint density at radius 1 is 1.20 bits per heavy atom. The fraction of sp³-hybridized carbons (Fsp3) is 0.211. The summed E-state index contributed by atoms with van der Waals surface area (Å²) in [6, 6.07) is 14.2. The van der Waals surface area contributed by atoms with Gasteiger partial charge in [-0.1, -0.05) is 24.3 Å². The van der Waals surface area contributed by atoms with E-state index in [-0.39, 0.29) is 11.7 Å². The molecule has 0 aliphatic rings. The number of nitrogens with zero attached hydrogens (tertiary/aromatic N) is 1. The van der Waals surface area contributed by atoms with Gasteiger partial charge in [-0.05, 0) is 38.1 Å². The van der Waals surface area contributed by atoms with Gasteiger partial charge in [0.05, 0.1) is 0 Å². The van der Waals surface area contributed by atoms with E-state index in [9.17, 15) is 13.6 Å². The van der Waals surface area contributed by atoms with Gasteiger partial charge < -0.3 is 14.6 Å². The monoisotopic (exact) mass is 344 g/mol. The molecule has 3 rings (SSSR count). The van der Waals surface area contributed by atoms with Crippen LogP contribution in [-0.2, 0) is 6.54 Å². The van der Waals surface area contributed by atoms with Crippen molar-refractivity contribution in [2.75, 3.05) is 5.32 Å². The zero-order valence-electron chi connectivity index (χ0n) is 13.9. The first-order valence-electron chi connectivity index (χ1n) is 7.95. The number of carbonyl (C=O) groups excluding carboxylic acids is 1. The summed E-state index contributed by atoms with van der Waals surface area (Å²) < 4.78 is 31.3. The number of aromatic nitrogens is 1. The number of ether oxygens (including phenoxy) is 1. The molecule has 0 bridgehead atoms. The van der Waals surface area contributed by atoms with Gasteiger partial charge in [-0.25, -0.2) is 0 Å². The van der Waals surface area contributed by atoms with Crippen LogP contribution in [-0.4, -0.2) is 17.1 Å². The van der Waals surface area contributed by atoms with Crippen LogP contribution in [0.5, 0.6) is 5.75 Å². The highest BCUT2D eigenvalue weighted by atomic mass is 19.3. The molecule has 25 heavy (non-hydrogen) atoms. The summed E-state index contributed by atoms with van der Waals surface area (Å²) in [5, 5.41) is 3.76. The lowest BCUT2D eigenvalue weighted by atomic mass is 10.1. The Bertz CT molecular complexity index is 919. The lowest BCUT2D eigenvalue weighted by molar-refractivity contribution is -0.0502. The van der Waals surface area contributed by atoms with Crippen molar-refractivity contribution in [1.29, 1.82) is 0 Å². The van der Waals surface area contributed by atoms with Gasteiger partial charge in [0.2, 0.25) is 0 Å². The zero-order chi connectivity index (χ0) is 18.0. The third kappa shape index (κ3) is 3.33. The summed E-state index contributed by atoms with van der Waals surface area (Å²) in [5.74, 6) is -0.251. The van der Waals surface area contributed by atoms with Crippen LogP contribution in [0.2, 0.25) is 0 Å². The molecule has 1 aromatic heterocycles. The van der Waals surface area contributed by atoms with E-state index in [2.05, 4.69) is 10.1 Å². The average Bonchev–Trinajstić information content (AvgIpc) is 2.96. The number of halogens is 2. The predicted octanol–water partition coefficient (Wildman–Crippen LogP) is 4.82. The molecule has 0 saturated carbocycles. The highest BCUT2D eigenvalue weighted by Crippen LogP contribution is 2.28. The second-order valence-corrected chi connectivity index (χ2v) is 5.59. The summed E-state index contributed by atoms with van der Waals surface area (Å²) in [6.07, 6.45) is 0. The quantitative estimate of drug-likeness (QED) is 0.721. The number of nitrogens with one attached hydrogen (secondary N) is 1. The molecule has 130 valence electrons. The molecule has 1 amide bonds. The van der Waals surface area contributed by atoms with Crippen molar-refractivity contribution in [3.63, 3.8) is 0 Å². The number of anilines is 1. The number of hydrogen-bond acceptors (Lipinski definition) is 2. The molecule has 0 aliphatic heterocycles. The molecule has 1 heterocycles. The molecular formula is C19H18F2N2O2. The fourth-order valence-electron chi connectivity index (χ4n) is 2.90. The Morgan fingerprint density at radius 2 is 1.96 bits per heavy atom. The molecule has 0 unspecified atom stereocenters. The maximum atomic E-state index is 12.7. The first kappa shape index (κ1) is 17.0. The van der Waals surface area contributed by atoms with Gasteiger partial charge in [0.1, 0.15) is 11.4 Å². The number of benzene rings is 2. The van der Waals surface area contributed by atoms with Gasteiger partial charge in [0.25, 0.3) is 5.91 Å². The van der Waals surface area contributed by atoms with Crippen molar-refractivity contribution in [2.24, 2.45) is 0 Å². The van der Waals surface area contributed by atoms with Crippen molar-refractivity contribution in [3.05, 3.63) is 59.8 Å². The summed E-state index contributed by atoms with van der Waals surface area (Å²) in [5.41, 5.74) is 2.39. The molecule has 0 atom stereocenters. The Kier molecular flexibility index (Phi) is 4.70. The Balaban J connectivity index is 1.93. The smallest absolute Gasteiger partial charge is 0.387 e. The van der Waals surface area contributed by atoms with E-state index in [4.69, 9.17) is 0 Å². The number of amides is 1. The first-order chi connectivity index (χ1) is 12.0. The minimum Gasteiger partial charge on any atom is -0.434 e. The highest BCUT2D eigenvalue weighted by molar-refractivity contribution is 6.06. The standard InChI is InChI=1S/C19H18F2N2O2/c1-3-23-15-9-5-4-7-13(15)11-16(23)18(24)22-14-8-6-10-17(12(14)2)25-19(20)21/h4-11,19H,3H2,1-2H3,(H,22,24). The molecule has 3 aromatic rings. The van der Waals surface area contributed by atoms with Gasteiger partial charge in [-0.2, -0.15) is 8.78 Å². The minimum absolute atomic E-state index is 0.0452. The minimum atomic E-state index is -2.91. The average molecular weight is 344 g/mol. The number of carbonyl (C=O) groups is 1. The van der Waals surface area contributed by atoms with Crippen LogP contribution in [0.25, 0.3) is 10.9 Å². The number of aryl methyl sites for hydroxylation is 1. The SMILES string of the molecule is CCn1c(C(=O)Nc2cccc(OC(F)F)c2C)cc2ccccc21. The van der Waals surface area contributed by atoms with Gasteiger partial charge in [0.15, 0.2) is 0 Å². The Morgan fingerprint density at radius 3 is 2.68 bits per heavy atom. The van der Waals surface area contributed by atoms with E-state index >= 15 is 0 Å². The first-order valence-corrected chi connectivity index (χ1v) is 7.95. The van der Waals surface area contributed by atoms with E-state index in [1.54, 1.807) is 19.1 Å². The molecule has 2 aromatic carbocycles. The van der Waals surface area contributed by atoms with E-state index in [1.165, 1.54) is 6.07 Å². The molecule has 4 nitrogen and oxygen atoms in total. The van der Waals surface area contributed by atoms with Gasteiger partial charge in [0, 0.05) is 28.7 Å². The molecule has 0 fully saturated rings. The van der Waals surface area contributed by atoms with Crippen molar-refractivity contribution < 1.29 is 18.3 Å². The molecule has 0 spiro atoms. The number of hydrogen-bond donors (Lipinski definition) is 1. The van der Waals surface area contributed by atoms with Crippen molar-refractivity contribution in [3.8, 4) is 5.75 Å². The number of fused-ring (bicyclic) bond motifs is 1. The lowest BCUT2D eigenvalue weighted by Gasteiger charge is -2.14. The molecule has 0 radical (unpaired) electrons. The topological polar surface area (TPSA) is 43.3 Å². The molecule has 6 heteroatoms. The van der Waals surface area contributed by atoms with Crippen LogP contribution in [0.1, 0.15) is 23.0 Å². The van der Waals surface area contributed by atoms with E-state index in [0.29, 0.717) is 23.5 Å². The number of alkyl halides is 2. The second kappa shape index (κ2) is 6.93. The summed E-state index contributed by atoms with van der Waals surface area (Å²) in [7, 11) is 0. The van der Waals surface area contributed by atoms with Gasteiger partial charge in [-0.15, -0.1) is 0 Å². The zero-order valence-corrected chi connectivity index (χ0v) is 13.9. The van der Waals surface area contributed by atoms with Crippen LogP contribution >= 0.6 is 0 Å². The summed E-state index contributed by atoms with van der Waals surface area (Å²) in [4.78, 5) is 12.7. The number of para-hydroxylation sites is 1. The third-order valence-corrected chi connectivity index (χ3v) is 4.11. The maximum absolute atomic E-state index is 12.7. The Hall–Kier alpha value is -2.89. The van der Waals surface area contributed by atoms with Crippen molar-refractivity contribution >= 4 is 22.5 Å². The second-order valence-electron chi connectivity index (χ2n) is 5.59. The summed E-state index contributed by atoms with van der Waals surface area (Å²) in [6.45, 7) is 1.32. The lowest BCUT2D eigenvalue weighted by Crippen LogP contribution is -2.17. The third-order valence-electron chi connectivity index (χ3n) is 4.11. The van der Waals surface area contributed by atoms with E-state index in [1.807, 2.05) is 41.8 Å². The van der Waals surface area contributed by atoms with Crippen LogP contribution in [0.3, 0.4) is 0 Å².